The van der Waals surface area contributed by atoms with E-state index >= 15 is 0 Å². The van der Waals surface area contributed by atoms with E-state index in [1.165, 1.54) is 11.8 Å². The lowest BCUT2D eigenvalue weighted by molar-refractivity contribution is 0.00583. The predicted octanol–water partition coefficient (Wildman–Crippen LogP) is 2.48. The number of hydrogen-bond donors (Lipinski definition) is 1. The van der Waals surface area contributed by atoms with Crippen LogP contribution in [0, 0.1) is 0 Å². The van der Waals surface area contributed by atoms with Crippen LogP contribution in [0.5, 0.6) is 5.88 Å². The molecule has 1 saturated heterocycles. The van der Waals surface area contributed by atoms with E-state index in [-0.39, 0.29) is 31.5 Å². The Morgan fingerprint density at radius 1 is 1.28 bits per heavy atom. The number of alkyl halides is 3. The first kappa shape index (κ1) is 20.5. The van der Waals surface area contributed by atoms with Gasteiger partial charge in [0.2, 0.25) is 11.8 Å². The van der Waals surface area contributed by atoms with Gasteiger partial charge in [-0.25, -0.2) is 22.4 Å². The summed E-state index contributed by atoms with van der Waals surface area (Å²) in [6.07, 6.45) is 1.71. The molecule has 12 heteroatoms. The van der Waals surface area contributed by atoms with Crippen molar-refractivity contribution >= 4 is 22.5 Å². The normalized spacial score (nSPS) is 18.6. The van der Waals surface area contributed by atoms with E-state index in [2.05, 4.69) is 25.7 Å². The molecule has 0 amide bonds. The van der Waals surface area contributed by atoms with Gasteiger partial charge in [-0.05, 0) is 30.8 Å². The summed E-state index contributed by atoms with van der Waals surface area (Å²) < 4.78 is 49.8. The number of hydrogen-bond acceptors (Lipinski definition) is 7. The van der Waals surface area contributed by atoms with Crippen molar-refractivity contribution in [3.8, 4) is 17.0 Å². The Labute approximate surface area is 180 Å². The standard InChI is InChI=1S/C20H21F3N8O/c1-29-10-16(20(22,23)11-29)24-19-25-18(32-2)17-13(5-7-31(17)27-19)12-3-4-14-15(9-12)30(8-6-21)28-26-14/h3-5,7,9,16H,6,8,10-11H2,1-2H3,(H,24,27)/t16-/m1/s1. The minimum atomic E-state index is -2.89. The maximum Gasteiger partial charge on any atom is 0.281 e. The third-order valence-corrected chi connectivity index (χ3v) is 5.58. The van der Waals surface area contributed by atoms with Gasteiger partial charge < -0.3 is 10.1 Å². The van der Waals surface area contributed by atoms with Gasteiger partial charge in [0.15, 0.2) is 0 Å². The second-order valence-electron chi connectivity index (χ2n) is 7.83. The van der Waals surface area contributed by atoms with Crippen molar-refractivity contribution in [2.75, 3.05) is 39.2 Å². The van der Waals surface area contributed by atoms with E-state index in [1.807, 2.05) is 18.2 Å². The molecule has 3 aromatic heterocycles. The van der Waals surface area contributed by atoms with Gasteiger partial charge in [0, 0.05) is 18.3 Å². The van der Waals surface area contributed by atoms with Crippen LogP contribution >= 0.6 is 0 Å². The lowest BCUT2D eigenvalue weighted by Crippen LogP contribution is -2.38. The summed E-state index contributed by atoms with van der Waals surface area (Å²) in [4.78, 5) is 5.89. The predicted molar refractivity (Wildman–Crippen MR) is 112 cm³/mol. The summed E-state index contributed by atoms with van der Waals surface area (Å²) in [6, 6.07) is 6.26. The van der Waals surface area contributed by atoms with E-state index in [0.29, 0.717) is 16.6 Å². The number of methoxy groups -OCH3 is 1. The molecule has 0 bridgehead atoms. The third-order valence-electron chi connectivity index (χ3n) is 5.58. The van der Waals surface area contributed by atoms with E-state index in [0.717, 1.165) is 11.1 Å². The second kappa shape index (κ2) is 7.62. The molecule has 1 aromatic carbocycles. The number of likely N-dealkylation sites (tertiary alicyclic amines) is 1. The Hall–Kier alpha value is -3.41. The number of aromatic nitrogens is 6. The molecular weight excluding hydrogens is 425 g/mol. The lowest BCUT2D eigenvalue weighted by atomic mass is 10.1. The molecule has 32 heavy (non-hydrogen) atoms. The van der Waals surface area contributed by atoms with Crippen LogP contribution in [0.15, 0.2) is 30.5 Å². The maximum atomic E-state index is 14.2. The highest BCUT2D eigenvalue weighted by Gasteiger charge is 2.47. The van der Waals surface area contributed by atoms with Crippen molar-refractivity contribution in [3.63, 3.8) is 0 Å². The average molecular weight is 446 g/mol. The molecule has 1 aliphatic heterocycles. The monoisotopic (exact) mass is 446 g/mol. The average Bonchev–Trinajstić information content (AvgIpc) is 3.43. The Morgan fingerprint density at radius 3 is 2.84 bits per heavy atom. The SMILES string of the molecule is COc1nc(N[C@@H]2CN(C)CC2(F)F)nn2ccc(-c3ccc4nnn(CCF)c4c3)c12. The lowest BCUT2D eigenvalue weighted by Gasteiger charge is -2.19. The second-order valence-corrected chi connectivity index (χ2v) is 7.83. The summed E-state index contributed by atoms with van der Waals surface area (Å²) in [5.74, 6) is -2.60. The zero-order chi connectivity index (χ0) is 22.5. The number of likely N-dealkylation sites (N-methyl/N-ethyl adjacent to an activating group) is 1. The number of rotatable bonds is 6. The van der Waals surface area contributed by atoms with Gasteiger partial charge in [0.1, 0.15) is 23.7 Å². The maximum absolute atomic E-state index is 14.2. The van der Waals surface area contributed by atoms with Gasteiger partial charge in [0.05, 0.1) is 25.7 Å². The van der Waals surface area contributed by atoms with E-state index < -0.39 is 18.6 Å². The molecule has 9 nitrogen and oxygen atoms in total. The first-order chi connectivity index (χ1) is 15.4. The smallest absolute Gasteiger partial charge is 0.281 e. The first-order valence-electron chi connectivity index (χ1n) is 10.1. The Balaban J connectivity index is 1.55. The van der Waals surface area contributed by atoms with Crippen molar-refractivity contribution in [1.29, 1.82) is 0 Å². The molecule has 1 fully saturated rings. The van der Waals surface area contributed by atoms with Crippen LogP contribution in [0.25, 0.3) is 27.7 Å². The molecule has 0 spiro atoms. The van der Waals surface area contributed by atoms with Crippen molar-refractivity contribution < 1.29 is 17.9 Å². The molecule has 1 N–H and O–H groups in total. The molecule has 5 rings (SSSR count). The van der Waals surface area contributed by atoms with Gasteiger partial charge in [-0.15, -0.1) is 10.2 Å². The first-order valence-corrected chi connectivity index (χ1v) is 10.1. The largest absolute Gasteiger partial charge is 0.479 e. The fourth-order valence-corrected chi connectivity index (χ4v) is 4.09. The van der Waals surface area contributed by atoms with Gasteiger partial charge >= 0.3 is 0 Å². The van der Waals surface area contributed by atoms with Gasteiger partial charge in [0.25, 0.3) is 5.92 Å². The third kappa shape index (κ3) is 3.40. The molecule has 4 heterocycles. The van der Waals surface area contributed by atoms with Crippen molar-refractivity contribution in [3.05, 3.63) is 30.5 Å². The van der Waals surface area contributed by atoms with Crippen LogP contribution in [0.1, 0.15) is 0 Å². The van der Waals surface area contributed by atoms with E-state index in [1.54, 1.807) is 28.7 Å². The topological polar surface area (TPSA) is 85.4 Å². The van der Waals surface area contributed by atoms with Crippen LogP contribution in [-0.2, 0) is 6.54 Å². The molecule has 0 radical (unpaired) electrons. The molecule has 168 valence electrons. The number of benzene rings is 1. The van der Waals surface area contributed by atoms with E-state index in [9.17, 15) is 13.2 Å². The Kier molecular flexibility index (Phi) is 4.88. The summed E-state index contributed by atoms with van der Waals surface area (Å²) in [6.45, 7) is -0.591. The highest BCUT2D eigenvalue weighted by molar-refractivity contribution is 5.89. The number of ether oxygens (including phenoxy) is 1. The highest BCUT2D eigenvalue weighted by Crippen LogP contribution is 2.34. The molecule has 1 aliphatic rings. The molecule has 0 aliphatic carbocycles. The summed E-state index contributed by atoms with van der Waals surface area (Å²) in [5.41, 5.74) is 3.52. The fourth-order valence-electron chi connectivity index (χ4n) is 4.09. The van der Waals surface area contributed by atoms with Crippen molar-refractivity contribution in [2.45, 2.75) is 18.5 Å². The number of fused-ring (bicyclic) bond motifs is 2. The van der Waals surface area contributed by atoms with Crippen LogP contribution in [0.4, 0.5) is 19.1 Å². The van der Waals surface area contributed by atoms with Gasteiger partial charge in [-0.1, -0.05) is 11.3 Å². The highest BCUT2D eigenvalue weighted by atomic mass is 19.3. The van der Waals surface area contributed by atoms with Crippen LogP contribution in [-0.4, -0.2) is 80.4 Å². The number of anilines is 1. The summed E-state index contributed by atoms with van der Waals surface area (Å²) >= 11 is 0. The Morgan fingerprint density at radius 2 is 2.12 bits per heavy atom. The summed E-state index contributed by atoms with van der Waals surface area (Å²) in [5, 5.41) is 15.1. The molecule has 1 atom stereocenters. The fraction of sp³-hybridized carbons (Fsp3) is 0.400. The van der Waals surface area contributed by atoms with Crippen molar-refractivity contribution in [1.82, 2.24) is 34.5 Å². The van der Waals surface area contributed by atoms with Crippen molar-refractivity contribution in [2.24, 2.45) is 0 Å². The zero-order valence-electron chi connectivity index (χ0n) is 17.5. The van der Waals surface area contributed by atoms with Gasteiger partial charge in [-0.3, -0.25) is 4.90 Å². The number of halogens is 3. The van der Waals surface area contributed by atoms with E-state index in [4.69, 9.17) is 4.74 Å². The molecule has 0 saturated carbocycles. The van der Waals surface area contributed by atoms with Crippen LogP contribution in [0.2, 0.25) is 0 Å². The minimum Gasteiger partial charge on any atom is -0.479 e. The molecule has 0 unspecified atom stereocenters. The quantitative estimate of drug-likeness (QED) is 0.487. The summed E-state index contributed by atoms with van der Waals surface area (Å²) in [7, 11) is 3.11. The zero-order valence-corrected chi connectivity index (χ0v) is 17.5. The number of nitrogens with zero attached hydrogens (tertiary/aromatic N) is 7. The minimum absolute atomic E-state index is 0.0529. The molecular formula is C20H21F3N8O. The van der Waals surface area contributed by atoms with Gasteiger partial charge in [-0.2, -0.15) is 4.98 Å². The molecule has 4 aromatic rings. The number of nitrogens with one attached hydrogen (secondary N) is 1. The Bertz CT molecular complexity index is 1290. The number of aryl methyl sites for hydroxylation is 1. The van der Waals surface area contributed by atoms with Crippen LogP contribution in [0.3, 0.4) is 0 Å². The van der Waals surface area contributed by atoms with Crippen LogP contribution < -0.4 is 10.1 Å².